The van der Waals surface area contributed by atoms with Gasteiger partial charge in [0.2, 0.25) is 11.9 Å². The van der Waals surface area contributed by atoms with Gasteiger partial charge in [-0.2, -0.15) is 4.98 Å². The summed E-state index contributed by atoms with van der Waals surface area (Å²) in [4.78, 5) is 26.0. The van der Waals surface area contributed by atoms with Crippen LogP contribution >= 0.6 is 0 Å². The summed E-state index contributed by atoms with van der Waals surface area (Å²) >= 11 is 0. The van der Waals surface area contributed by atoms with Crippen molar-refractivity contribution in [1.82, 2.24) is 14.9 Å². The Hall–Kier alpha value is -4.41. The number of rotatable bonds is 10. The van der Waals surface area contributed by atoms with Crippen LogP contribution in [0, 0.1) is 0 Å². The van der Waals surface area contributed by atoms with Gasteiger partial charge in [0.25, 0.3) is 0 Å². The first kappa shape index (κ1) is 28.1. The molecule has 0 spiro atoms. The largest absolute Gasteiger partial charge is 0.494 e. The molecule has 2 aliphatic rings. The monoisotopic (exact) mass is 555 g/mol. The number of carbonyl (C=O) groups excluding carboxylic acids is 1. The maximum atomic E-state index is 11.7. The van der Waals surface area contributed by atoms with Crippen molar-refractivity contribution in [1.29, 1.82) is 0 Å². The van der Waals surface area contributed by atoms with E-state index in [1.54, 1.807) is 7.11 Å². The van der Waals surface area contributed by atoms with Crippen molar-refractivity contribution in [3.8, 4) is 5.75 Å². The Balaban J connectivity index is 1.37. The summed E-state index contributed by atoms with van der Waals surface area (Å²) in [6, 6.07) is 13.9. The normalized spacial score (nSPS) is 15.6. The van der Waals surface area contributed by atoms with E-state index in [2.05, 4.69) is 62.6 Å². The van der Waals surface area contributed by atoms with Crippen molar-refractivity contribution < 1.29 is 14.3 Å². The van der Waals surface area contributed by atoms with Crippen molar-refractivity contribution in [2.45, 2.75) is 13.0 Å². The first-order valence-electron chi connectivity index (χ1n) is 13.8. The second-order valence-corrected chi connectivity index (χ2v) is 10.1. The maximum Gasteiger partial charge on any atom is 0.247 e. The number of methoxy groups -OCH3 is 1. The van der Waals surface area contributed by atoms with E-state index >= 15 is 0 Å². The fraction of sp³-hybridized carbons (Fsp3) is 0.323. The van der Waals surface area contributed by atoms with Gasteiger partial charge in [-0.1, -0.05) is 24.8 Å². The van der Waals surface area contributed by atoms with Crippen molar-refractivity contribution >= 4 is 40.3 Å². The van der Waals surface area contributed by atoms with Crippen LogP contribution in [-0.4, -0.2) is 74.3 Å². The molecule has 1 amide bonds. The third-order valence-corrected chi connectivity index (χ3v) is 7.24. The number of anilines is 5. The van der Waals surface area contributed by atoms with Gasteiger partial charge >= 0.3 is 0 Å². The van der Waals surface area contributed by atoms with Crippen LogP contribution in [0.3, 0.4) is 0 Å². The first-order valence-corrected chi connectivity index (χ1v) is 13.8. The Labute approximate surface area is 241 Å². The second kappa shape index (κ2) is 13.3. The van der Waals surface area contributed by atoms with Crippen LogP contribution in [0.15, 0.2) is 67.4 Å². The molecular weight excluding hydrogens is 518 g/mol. The number of amides is 1. The van der Waals surface area contributed by atoms with Gasteiger partial charge in [0.1, 0.15) is 11.6 Å². The molecule has 0 atom stereocenters. The average molecular weight is 556 g/mol. The predicted octanol–water partition coefficient (Wildman–Crippen LogP) is 4.52. The molecule has 1 fully saturated rings. The predicted molar refractivity (Wildman–Crippen MR) is 164 cm³/mol. The smallest absolute Gasteiger partial charge is 0.247 e. The molecule has 10 nitrogen and oxygen atoms in total. The Bertz CT molecular complexity index is 1420. The third-order valence-electron chi connectivity index (χ3n) is 7.24. The Morgan fingerprint density at radius 1 is 1.17 bits per heavy atom. The zero-order valence-electron chi connectivity index (χ0n) is 23.7. The Morgan fingerprint density at radius 3 is 2.78 bits per heavy atom. The molecule has 1 aromatic heterocycles. The Kier molecular flexibility index (Phi) is 9.12. The summed E-state index contributed by atoms with van der Waals surface area (Å²) in [5, 5.41) is 9.64. The molecule has 214 valence electrons. The summed E-state index contributed by atoms with van der Waals surface area (Å²) in [7, 11) is 3.83. The molecule has 2 aromatic carbocycles. The summed E-state index contributed by atoms with van der Waals surface area (Å²) in [6.07, 6.45) is 5.96. The lowest BCUT2D eigenvalue weighted by Crippen LogP contribution is -2.44. The molecule has 0 unspecified atom stereocenters. The van der Waals surface area contributed by atoms with Crippen LogP contribution in [-0.2, 0) is 16.1 Å². The molecule has 3 aromatic rings. The number of aromatic nitrogens is 2. The molecular formula is C31H37N7O3. The van der Waals surface area contributed by atoms with Gasteiger partial charge in [-0.3, -0.25) is 4.79 Å². The van der Waals surface area contributed by atoms with Gasteiger partial charge in [-0.15, -0.1) is 0 Å². The third kappa shape index (κ3) is 7.22. The number of piperazine rings is 1. The number of ether oxygens (including phenoxy) is 2. The lowest BCUT2D eigenvalue weighted by Gasteiger charge is -2.34. The molecule has 1 saturated heterocycles. The molecule has 0 aliphatic carbocycles. The number of nitrogens with zero attached hydrogens (tertiary/aromatic N) is 4. The maximum absolute atomic E-state index is 11.7. The number of carbonyl (C=O) groups is 1. The molecule has 41 heavy (non-hydrogen) atoms. The highest BCUT2D eigenvalue weighted by atomic mass is 16.5. The van der Waals surface area contributed by atoms with Gasteiger partial charge in [-0.05, 0) is 54.9 Å². The van der Waals surface area contributed by atoms with Crippen LogP contribution in [0.4, 0.5) is 28.8 Å². The fourth-order valence-corrected chi connectivity index (χ4v) is 4.89. The minimum absolute atomic E-state index is 0.248. The van der Waals surface area contributed by atoms with Gasteiger partial charge in [-0.25, -0.2) is 4.98 Å². The quantitative estimate of drug-likeness (QED) is 0.312. The van der Waals surface area contributed by atoms with Crippen LogP contribution in [0.2, 0.25) is 0 Å². The summed E-state index contributed by atoms with van der Waals surface area (Å²) in [6.45, 7) is 9.29. The van der Waals surface area contributed by atoms with Gasteiger partial charge < -0.3 is 35.2 Å². The van der Waals surface area contributed by atoms with Crippen molar-refractivity contribution in [3.05, 3.63) is 78.5 Å². The highest BCUT2D eigenvalue weighted by molar-refractivity contribution is 5.98. The zero-order valence-corrected chi connectivity index (χ0v) is 23.7. The zero-order chi connectivity index (χ0) is 28.6. The van der Waals surface area contributed by atoms with Crippen LogP contribution in [0.25, 0.3) is 5.57 Å². The van der Waals surface area contributed by atoms with E-state index in [4.69, 9.17) is 14.5 Å². The van der Waals surface area contributed by atoms with E-state index in [-0.39, 0.29) is 5.91 Å². The molecule has 0 saturated carbocycles. The number of benzene rings is 2. The van der Waals surface area contributed by atoms with Crippen molar-refractivity contribution in [2.24, 2.45) is 0 Å². The van der Waals surface area contributed by atoms with Crippen molar-refractivity contribution in [2.75, 3.05) is 74.4 Å². The molecule has 10 heteroatoms. The van der Waals surface area contributed by atoms with E-state index in [9.17, 15) is 4.79 Å². The molecule has 3 heterocycles. The molecule has 2 aliphatic heterocycles. The van der Waals surface area contributed by atoms with E-state index in [1.165, 1.54) is 6.08 Å². The number of hydrogen-bond acceptors (Lipinski definition) is 9. The molecule has 0 bridgehead atoms. The minimum Gasteiger partial charge on any atom is -0.494 e. The fourth-order valence-electron chi connectivity index (χ4n) is 4.89. The highest BCUT2D eigenvalue weighted by Crippen LogP contribution is 2.33. The first-order chi connectivity index (χ1) is 20.0. The minimum atomic E-state index is -0.248. The lowest BCUT2D eigenvalue weighted by atomic mass is 10.0. The standard InChI is InChI=1S/C31H37N7O3/c1-4-29(39)34-24-7-5-6-22(18-24)20-32-30-26(23-10-16-41-17-11-23)21-33-31(36-30)35-27-9-8-25(19-28(27)40-3)38-14-12-37(2)13-15-38/h4-10,18-19,21H,1,11-17,20H2,2-3H3,(H,34,39)(H2,32,33,35,36). The Morgan fingerprint density at radius 2 is 2.02 bits per heavy atom. The summed E-state index contributed by atoms with van der Waals surface area (Å²) in [5.41, 5.74) is 5.71. The molecule has 3 N–H and O–H groups in total. The van der Waals surface area contributed by atoms with E-state index in [1.807, 2.05) is 36.5 Å². The second-order valence-electron chi connectivity index (χ2n) is 10.1. The molecule has 5 rings (SSSR count). The van der Waals surface area contributed by atoms with E-state index in [0.29, 0.717) is 37.2 Å². The van der Waals surface area contributed by atoms with E-state index < -0.39 is 0 Å². The topological polar surface area (TPSA) is 104 Å². The van der Waals surface area contributed by atoms with Gasteiger partial charge in [0.15, 0.2) is 0 Å². The number of nitrogens with one attached hydrogen (secondary N) is 3. The van der Waals surface area contributed by atoms with Crippen molar-refractivity contribution in [3.63, 3.8) is 0 Å². The molecule has 0 radical (unpaired) electrons. The average Bonchev–Trinajstić information content (AvgIpc) is 3.01. The van der Waals surface area contributed by atoms with Gasteiger partial charge in [0, 0.05) is 61.9 Å². The lowest BCUT2D eigenvalue weighted by molar-refractivity contribution is -0.111. The summed E-state index contributed by atoms with van der Waals surface area (Å²) in [5.74, 6) is 1.65. The van der Waals surface area contributed by atoms with E-state index in [0.717, 1.165) is 66.4 Å². The van der Waals surface area contributed by atoms with Gasteiger partial charge in [0.05, 0.1) is 26.0 Å². The highest BCUT2D eigenvalue weighted by Gasteiger charge is 2.18. The number of hydrogen-bond donors (Lipinski definition) is 3. The van der Waals surface area contributed by atoms with Crippen LogP contribution in [0.1, 0.15) is 17.5 Å². The SMILES string of the molecule is C=CC(=O)Nc1cccc(CNc2nc(Nc3ccc(N4CCN(C)CC4)cc3OC)ncc2C2=CCOCC2)c1. The summed E-state index contributed by atoms with van der Waals surface area (Å²) < 4.78 is 11.3. The number of likely N-dealkylation sites (N-methyl/N-ethyl adjacent to an activating group) is 1. The van der Waals surface area contributed by atoms with Crippen LogP contribution in [0.5, 0.6) is 5.75 Å². The van der Waals surface area contributed by atoms with Crippen LogP contribution < -0.4 is 25.6 Å².